The van der Waals surface area contributed by atoms with Gasteiger partial charge in [0.05, 0.1) is 33.5 Å². The molecule has 10 rings (SSSR count). The molecule has 2 aromatic heterocycles. The summed E-state index contributed by atoms with van der Waals surface area (Å²) in [5.74, 6) is 0.491. The number of hydrogen-bond donors (Lipinski definition) is 1. The van der Waals surface area contributed by atoms with E-state index in [1.807, 2.05) is 34.1 Å². The highest BCUT2D eigenvalue weighted by atomic mass is 32.2. The highest BCUT2D eigenvalue weighted by Gasteiger charge is 2.28. The lowest BCUT2D eigenvalue weighted by atomic mass is 10.0. The third kappa shape index (κ3) is 11.6. The number of rotatable bonds is 11. The van der Waals surface area contributed by atoms with Gasteiger partial charge in [-0.15, -0.1) is 0 Å². The number of ether oxygens (including phenoxy) is 2. The highest BCUT2D eigenvalue weighted by molar-refractivity contribution is 7.93. The molecule has 15 nitrogen and oxygen atoms in total. The second kappa shape index (κ2) is 21.9. The highest BCUT2D eigenvalue weighted by Crippen LogP contribution is 2.28. The third-order valence-electron chi connectivity index (χ3n) is 13.4. The van der Waals surface area contributed by atoms with E-state index < -0.39 is 19.9 Å². The SMILES string of the molecule is O=C(c1ccc(NS(=O)(=O)c2cccc3cccnc23)cc1)N1CCN(C[C@@H]2CCCCO2)CC1.O=C(c1ccc(S(=O)(=O)c2cccc3cccnc23)cc1)N1CCN(C[C@H]2CCCOC2)CC1.[HH]. The molecule has 0 spiro atoms. The molecule has 0 bridgehead atoms. The summed E-state index contributed by atoms with van der Waals surface area (Å²) in [7, 11) is -7.59. The van der Waals surface area contributed by atoms with Crippen molar-refractivity contribution in [2.45, 2.75) is 52.9 Å². The van der Waals surface area contributed by atoms with Crippen molar-refractivity contribution in [1.82, 2.24) is 29.6 Å². The molecule has 0 saturated carbocycles. The van der Waals surface area contributed by atoms with Crippen molar-refractivity contribution in [3.05, 3.63) is 133 Å². The number of carbonyl (C=O) groups excluding carboxylic acids is 2. The summed E-state index contributed by atoms with van der Waals surface area (Å²) in [4.78, 5) is 43.5. The Hall–Kier alpha value is -5.82. The van der Waals surface area contributed by atoms with Gasteiger partial charge < -0.3 is 19.3 Å². The second-order valence-corrected chi connectivity index (χ2v) is 21.7. The fraction of sp³-hybridized carbons (Fsp3) is 0.385. The Balaban J connectivity index is 0.000000186. The lowest BCUT2D eigenvalue weighted by Crippen LogP contribution is -2.50. The van der Waals surface area contributed by atoms with Crippen molar-refractivity contribution < 1.29 is 37.3 Å². The molecular formula is C52H61N7O8S2. The minimum Gasteiger partial charge on any atom is -0.381 e. The quantitative estimate of drug-likeness (QED) is 0.143. The van der Waals surface area contributed by atoms with Gasteiger partial charge in [-0.25, -0.2) is 16.8 Å². The zero-order valence-electron chi connectivity index (χ0n) is 38.7. The molecule has 2 atom stereocenters. The van der Waals surface area contributed by atoms with Crippen LogP contribution >= 0.6 is 0 Å². The van der Waals surface area contributed by atoms with Crippen molar-refractivity contribution in [2.24, 2.45) is 5.92 Å². The second-order valence-electron chi connectivity index (χ2n) is 18.1. The maximum atomic E-state index is 13.3. The Morgan fingerprint density at radius 1 is 0.594 bits per heavy atom. The Morgan fingerprint density at radius 2 is 1.14 bits per heavy atom. The number of sulfone groups is 1. The van der Waals surface area contributed by atoms with Crippen molar-refractivity contribution >= 4 is 59.2 Å². The molecule has 0 aliphatic carbocycles. The summed E-state index contributed by atoms with van der Waals surface area (Å²) in [5.41, 5.74) is 2.31. The van der Waals surface area contributed by atoms with Gasteiger partial charge in [-0.2, -0.15) is 0 Å². The van der Waals surface area contributed by atoms with E-state index in [2.05, 4.69) is 24.5 Å². The van der Waals surface area contributed by atoms with Crippen molar-refractivity contribution in [3.8, 4) is 0 Å². The van der Waals surface area contributed by atoms with Crippen LogP contribution in [0.4, 0.5) is 5.69 Å². The van der Waals surface area contributed by atoms with Gasteiger partial charge >= 0.3 is 0 Å². The molecule has 4 aliphatic rings. The van der Waals surface area contributed by atoms with Crippen LogP contribution in [-0.2, 0) is 29.3 Å². The van der Waals surface area contributed by atoms with Gasteiger partial charge in [-0.05, 0) is 111 Å². The average Bonchev–Trinajstić information content (AvgIpc) is 3.39. The molecule has 1 N–H and O–H groups in total. The van der Waals surface area contributed by atoms with Crippen molar-refractivity contribution in [2.75, 3.05) is 90.0 Å². The standard InChI is InChI=1S/C26H30N4O4S.C26H29N3O4S.H2/c31-26(30-16-14-29(15-17-30)19-23-7-1-2-18-34-23)21-9-11-22(12-10-21)28-35(32,33)24-8-3-5-20-6-4-13-27-25(20)24;30-26(29-15-13-28(14-16-29)18-20-4-3-17-33-19-20)22-8-10-23(11-9-22)34(31,32)24-7-1-5-21-6-2-12-27-25(21)24;/h3-6,8-13,23,28H,1-2,7,14-19H2;1-2,5-12,20H,3-4,13-19H2;1H/t23-;20-;/m01./s1. The van der Waals surface area contributed by atoms with Gasteiger partial charge in [0.15, 0.2) is 0 Å². The number of aromatic nitrogens is 2. The van der Waals surface area contributed by atoms with E-state index in [1.165, 1.54) is 31.0 Å². The zero-order valence-corrected chi connectivity index (χ0v) is 40.3. The van der Waals surface area contributed by atoms with Gasteiger partial charge in [-0.1, -0.05) is 36.4 Å². The largest absolute Gasteiger partial charge is 0.381 e. The fourth-order valence-electron chi connectivity index (χ4n) is 9.57. The number of fused-ring (bicyclic) bond motifs is 2. The molecule has 364 valence electrons. The maximum Gasteiger partial charge on any atom is 0.264 e. The van der Waals surface area contributed by atoms with E-state index in [0.717, 1.165) is 89.1 Å². The van der Waals surface area contributed by atoms with Gasteiger partial charge in [0, 0.05) is 120 Å². The number of amides is 2. The van der Waals surface area contributed by atoms with E-state index in [-0.39, 0.29) is 27.9 Å². The zero-order chi connectivity index (χ0) is 47.8. The van der Waals surface area contributed by atoms with Crippen molar-refractivity contribution in [3.63, 3.8) is 0 Å². The van der Waals surface area contributed by atoms with Gasteiger partial charge in [0.1, 0.15) is 4.90 Å². The number of nitrogens with zero attached hydrogens (tertiary/aromatic N) is 6. The number of sulfonamides is 1. The van der Waals surface area contributed by atoms with Crippen LogP contribution in [0.2, 0.25) is 0 Å². The predicted octanol–water partition coefficient (Wildman–Crippen LogP) is 6.86. The molecule has 69 heavy (non-hydrogen) atoms. The van der Waals surface area contributed by atoms with Crippen LogP contribution in [-0.4, -0.2) is 150 Å². The number of benzene rings is 4. The Kier molecular flexibility index (Phi) is 15.3. The lowest BCUT2D eigenvalue weighted by molar-refractivity contribution is -0.0130. The first kappa shape index (κ1) is 48.2. The van der Waals surface area contributed by atoms with Crippen molar-refractivity contribution in [1.29, 1.82) is 0 Å². The number of piperazine rings is 2. The molecule has 0 radical (unpaired) electrons. The van der Waals surface area contributed by atoms with Crippen LogP contribution in [0.3, 0.4) is 0 Å². The fourth-order valence-corrected chi connectivity index (χ4v) is 12.2. The van der Waals surface area contributed by atoms with Crippen LogP contribution in [0.5, 0.6) is 0 Å². The summed E-state index contributed by atoms with van der Waals surface area (Å²) in [6.45, 7) is 10.6. The number of carbonyl (C=O) groups is 2. The Morgan fingerprint density at radius 3 is 1.71 bits per heavy atom. The van der Waals surface area contributed by atoms with E-state index in [1.54, 1.807) is 79.1 Å². The van der Waals surface area contributed by atoms with Crippen LogP contribution in [0.25, 0.3) is 21.8 Å². The number of pyridine rings is 2. The number of nitrogens with one attached hydrogen (secondary N) is 1. The number of anilines is 1. The minimum atomic E-state index is -3.84. The van der Waals surface area contributed by atoms with E-state index in [4.69, 9.17) is 9.47 Å². The summed E-state index contributed by atoms with van der Waals surface area (Å²) in [6, 6.07) is 30.3. The normalized spacial score (nSPS) is 19.7. The Bertz CT molecular complexity index is 2950. The van der Waals surface area contributed by atoms with Crippen LogP contribution in [0.15, 0.2) is 136 Å². The smallest absolute Gasteiger partial charge is 0.264 e. The van der Waals surface area contributed by atoms with E-state index in [9.17, 15) is 26.4 Å². The molecule has 17 heteroatoms. The van der Waals surface area contributed by atoms with Gasteiger partial charge in [0.25, 0.3) is 21.8 Å². The molecule has 4 aromatic carbocycles. The first-order valence-corrected chi connectivity index (χ1v) is 26.9. The average molecular weight is 976 g/mol. The monoisotopic (exact) mass is 975 g/mol. The summed E-state index contributed by atoms with van der Waals surface area (Å²) in [6.07, 6.45) is 9.32. The molecule has 4 fully saturated rings. The number of hydrogen-bond acceptors (Lipinski definition) is 12. The molecule has 6 aromatic rings. The molecule has 2 amide bonds. The maximum absolute atomic E-state index is 13.3. The summed E-state index contributed by atoms with van der Waals surface area (Å²) >= 11 is 0. The summed E-state index contributed by atoms with van der Waals surface area (Å²) < 4.78 is 66.6. The van der Waals surface area contributed by atoms with Gasteiger partial charge in [-0.3, -0.25) is 34.1 Å². The minimum absolute atomic E-state index is 0. The lowest BCUT2D eigenvalue weighted by Gasteiger charge is -2.37. The molecule has 4 saturated heterocycles. The predicted molar refractivity (Wildman–Crippen MR) is 267 cm³/mol. The summed E-state index contributed by atoms with van der Waals surface area (Å²) in [5, 5.41) is 1.52. The van der Waals surface area contributed by atoms with Crippen LogP contribution in [0, 0.1) is 5.92 Å². The number of para-hydroxylation sites is 2. The molecular weight excluding hydrogens is 915 g/mol. The van der Waals surface area contributed by atoms with E-state index >= 15 is 0 Å². The van der Waals surface area contributed by atoms with Crippen LogP contribution in [0.1, 0.15) is 54.2 Å². The molecule has 0 unspecified atom stereocenters. The third-order valence-corrected chi connectivity index (χ3v) is 16.6. The Labute approximate surface area is 405 Å². The topological polar surface area (TPSA) is 172 Å². The molecule has 4 aliphatic heterocycles. The van der Waals surface area contributed by atoms with E-state index in [0.29, 0.717) is 66.0 Å². The van der Waals surface area contributed by atoms with Gasteiger partial charge in [0.2, 0.25) is 9.84 Å². The first-order chi connectivity index (χ1) is 33.5. The molecule has 6 heterocycles. The van der Waals surface area contributed by atoms with Crippen LogP contribution < -0.4 is 4.72 Å². The first-order valence-electron chi connectivity index (χ1n) is 23.9.